The maximum atomic E-state index is 12.5. The number of amides is 1. The van der Waals surface area contributed by atoms with Gasteiger partial charge in [0.05, 0.1) is 4.92 Å². The first kappa shape index (κ1) is 18.7. The van der Waals surface area contributed by atoms with Crippen LogP contribution in [0.1, 0.15) is 39.3 Å². The molecule has 0 fully saturated rings. The second kappa shape index (κ2) is 8.05. The Kier molecular flexibility index (Phi) is 5.56. The summed E-state index contributed by atoms with van der Waals surface area (Å²) in [5.74, 6) is -0.301. The van der Waals surface area contributed by atoms with E-state index in [1.54, 1.807) is 19.1 Å². The summed E-state index contributed by atoms with van der Waals surface area (Å²) in [7, 11) is 0. The molecule has 3 aromatic rings. The van der Waals surface area contributed by atoms with Crippen molar-refractivity contribution in [2.24, 2.45) is 0 Å². The number of benzene rings is 2. The molecule has 0 aliphatic rings. The summed E-state index contributed by atoms with van der Waals surface area (Å²) in [6.45, 7) is 3.70. The Morgan fingerprint density at radius 2 is 1.93 bits per heavy atom. The second-order valence-electron chi connectivity index (χ2n) is 6.20. The van der Waals surface area contributed by atoms with Gasteiger partial charge in [-0.05, 0) is 24.5 Å². The number of rotatable bonds is 6. The molecular formula is C19H18N4O3S. The second-order valence-corrected chi connectivity index (χ2v) is 7.26. The van der Waals surface area contributed by atoms with Crippen LogP contribution in [0, 0.1) is 17.0 Å². The number of anilines is 1. The molecule has 1 aromatic heterocycles. The van der Waals surface area contributed by atoms with Crippen LogP contribution in [0.4, 0.5) is 10.8 Å². The molecule has 1 atom stereocenters. The molecule has 2 aromatic carbocycles. The van der Waals surface area contributed by atoms with Crippen molar-refractivity contribution < 1.29 is 9.72 Å². The molecule has 3 rings (SSSR count). The third-order valence-electron chi connectivity index (χ3n) is 4.20. The average molecular weight is 382 g/mol. The first-order valence-corrected chi connectivity index (χ1v) is 9.20. The van der Waals surface area contributed by atoms with Gasteiger partial charge in [0.2, 0.25) is 5.13 Å². The lowest BCUT2D eigenvalue weighted by Gasteiger charge is -2.08. The predicted molar refractivity (Wildman–Crippen MR) is 104 cm³/mol. The molecule has 0 radical (unpaired) electrons. The first-order chi connectivity index (χ1) is 13.0. The Hall–Kier alpha value is -3.13. The lowest BCUT2D eigenvalue weighted by molar-refractivity contribution is -0.385. The molecular weight excluding hydrogens is 364 g/mol. The Morgan fingerprint density at radius 1 is 1.19 bits per heavy atom. The molecule has 0 spiro atoms. The highest BCUT2D eigenvalue weighted by Crippen LogP contribution is 2.26. The van der Waals surface area contributed by atoms with Crippen molar-refractivity contribution in [3.63, 3.8) is 0 Å². The number of aromatic nitrogens is 2. The molecule has 0 aliphatic carbocycles. The lowest BCUT2D eigenvalue weighted by atomic mass is 9.98. The molecule has 0 saturated heterocycles. The Labute approximate surface area is 160 Å². The molecule has 1 N–H and O–H groups in total. The van der Waals surface area contributed by atoms with Crippen LogP contribution in [0.2, 0.25) is 0 Å². The smallest absolute Gasteiger partial charge is 0.285 e. The standard InChI is InChI=1S/C19H18N4O3S/c1-12-7-6-10-15(17(12)23(25)26)18(24)20-19-22-21-16(27-19)11-13(2)14-8-4-3-5-9-14/h3-10,13H,11H2,1-2H3,(H,20,22,24). The maximum Gasteiger partial charge on any atom is 0.285 e. The zero-order chi connectivity index (χ0) is 19.4. The molecule has 27 heavy (non-hydrogen) atoms. The van der Waals surface area contributed by atoms with Crippen LogP contribution < -0.4 is 5.32 Å². The van der Waals surface area contributed by atoms with Gasteiger partial charge < -0.3 is 0 Å². The van der Waals surface area contributed by atoms with Crippen molar-refractivity contribution in [1.29, 1.82) is 0 Å². The van der Waals surface area contributed by atoms with E-state index >= 15 is 0 Å². The van der Waals surface area contributed by atoms with Gasteiger partial charge in [0.25, 0.3) is 11.6 Å². The fourth-order valence-corrected chi connectivity index (χ4v) is 3.66. The minimum atomic E-state index is -0.566. The number of carbonyl (C=O) groups is 1. The number of aryl methyl sites for hydroxylation is 1. The van der Waals surface area contributed by atoms with E-state index in [1.165, 1.54) is 23.0 Å². The zero-order valence-corrected chi connectivity index (χ0v) is 15.7. The highest BCUT2D eigenvalue weighted by atomic mass is 32.1. The Balaban J connectivity index is 1.72. The van der Waals surface area contributed by atoms with Gasteiger partial charge in [-0.2, -0.15) is 0 Å². The van der Waals surface area contributed by atoms with Crippen molar-refractivity contribution in [2.75, 3.05) is 5.32 Å². The molecule has 1 heterocycles. The number of para-hydroxylation sites is 1. The quantitative estimate of drug-likeness (QED) is 0.505. The summed E-state index contributed by atoms with van der Waals surface area (Å²) in [5, 5.41) is 23.1. The normalized spacial score (nSPS) is 11.8. The van der Waals surface area contributed by atoms with Gasteiger partial charge in [-0.3, -0.25) is 20.2 Å². The molecule has 8 heteroatoms. The number of nitrogens with one attached hydrogen (secondary N) is 1. The minimum absolute atomic E-state index is 0.00871. The molecule has 138 valence electrons. The van der Waals surface area contributed by atoms with E-state index in [2.05, 4.69) is 34.6 Å². The summed E-state index contributed by atoms with van der Waals surface area (Å²) in [5.41, 5.74) is 1.45. The van der Waals surface area contributed by atoms with Gasteiger partial charge in [0.1, 0.15) is 10.6 Å². The maximum absolute atomic E-state index is 12.5. The Bertz CT molecular complexity index is 972. The molecule has 0 aliphatic heterocycles. The molecule has 0 bridgehead atoms. The highest BCUT2D eigenvalue weighted by molar-refractivity contribution is 7.15. The monoisotopic (exact) mass is 382 g/mol. The van der Waals surface area contributed by atoms with Crippen LogP contribution in [-0.4, -0.2) is 21.0 Å². The van der Waals surface area contributed by atoms with Crippen LogP contribution >= 0.6 is 11.3 Å². The van der Waals surface area contributed by atoms with Crippen LogP contribution in [0.3, 0.4) is 0 Å². The largest absolute Gasteiger partial charge is 0.296 e. The van der Waals surface area contributed by atoms with E-state index in [-0.39, 0.29) is 17.2 Å². The van der Waals surface area contributed by atoms with Crippen molar-refractivity contribution >= 4 is 28.1 Å². The molecule has 1 amide bonds. The van der Waals surface area contributed by atoms with Gasteiger partial charge in [-0.25, -0.2) is 0 Å². The van der Waals surface area contributed by atoms with Gasteiger partial charge in [0.15, 0.2) is 0 Å². The summed E-state index contributed by atoms with van der Waals surface area (Å²) in [4.78, 5) is 23.2. The average Bonchev–Trinajstić information content (AvgIpc) is 3.08. The SMILES string of the molecule is Cc1cccc(C(=O)Nc2nnc(CC(C)c3ccccc3)s2)c1[N+](=O)[O-]. The number of nitro benzene ring substituents is 1. The summed E-state index contributed by atoms with van der Waals surface area (Å²) in [6.07, 6.45) is 0.697. The van der Waals surface area contributed by atoms with E-state index in [1.807, 2.05) is 18.2 Å². The van der Waals surface area contributed by atoms with E-state index in [4.69, 9.17) is 0 Å². The molecule has 1 unspecified atom stereocenters. The summed E-state index contributed by atoms with van der Waals surface area (Å²) in [6, 6.07) is 14.7. The van der Waals surface area contributed by atoms with Crippen LogP contribution in [-0.2, 0) is 6.42 Å². The topological polar surface area (TPSA) is 98.0 Å². The number of hydrogen-bond donors (Lipinski definition) is 1. The Morgan fingerprint density at radius 3 is 2.63 bits per heavy atom. The third-order valence-corrected chi connectivity index (χ3v) is 5.06. The number of nitrogens with zero attached hydrogens (tertiary/aromatic N) is 3. The zero-order valence-electron chi connectivity index (χ0n) is 14.9. The third kappa shape index (κ3) is 4.35. The van der Waals surface area contributed by atoms with Crippen molar-refractivity contribution in [3.05, 3.63) is 80.3 Å². The summed E-state index contributed by atoms with van der Waals surface area (Å²) >= 11 is 1.27. The fourth-order valence-electron chi connectivity index (χ4n) is 2.80. The fraction of sp³-hybridized carbons (Fsp3) is 0.211. The first-order valence-electron chi connectivity index (χ1n) is 8.38. The molecule has 7 nitrogen and oxygen atoms in total. The minimum Gasteiger partial charge on any atom is -0.296 e. The van der Waals surface area contributed by atoms with Crippen LogP contribution in [0.15, 0.2) is 48.5 Å². The number of carbonyl (C=O) groups excluding carboxylic acids is 1. The van der Waals surface area contributed by atoms with Gasteiger partial charge in [-0.1, -0.05) is 60.7 Å². The number of nitro groups is 1. The van der Waals surface area contributed by atoms with E-state index in [0.29, 0.717) is 17.1 Å². The van der Waals surface area contributed by atoms with Gasteiger partial charge in [0, 0.05) is 12.0 Å². The predicted octanol–water partition coefficient (Wildman–Crippen LogP) is 4.35. The van der Waals surface area contributed by atoms with E-state index < -0.39 is 10.8 Å². The lowest BCUT2D eigenvalue weighted by Crippen LogP contribution is -2.14. The number of hydrogen-bond acceptors (Lipinski definition) is 6. The van der Waals surface area contributed by atoms with Crippen LogP contribution in [0.5, 0.6) is 0 Å². The van der Waals surface area contributed by atoms with Crippen molar-refractivity contribution in [2.45, 2.75) is 26.2 Å². The molecule has 0 saturated carbocycles. The van der Waals surface area contributed by atoms with Crippen molar-refractivity contribution in [1.82, 2.24) is 10.2 Å². The van der Waals surface area contributed by atoms with Gasteiger partial charge >= 0.3 is 0 Å². The van der Waals surface area contributed by atoms with Crippen LogP contribution in [0.25, 0.3) is 0 Å². The summed E-state index contributed by atoms with van der Waals surface area (Å²) < 4.78 is 0. The van der Waals surface area contributed by atoms with E-state index in [0.717, 1.165) is 5.01 Å². The van der Waals surface area contributed by atoms with E-state index in [9.17, 15) is 14.9 Å². The van der Waals surface area contributed by atoms with Gasteiger partial charge in [-0.15, -0.1) is 10.2 Å². The highest BCUT2D eigenvalue weighted by Gasteiger charge is 2.23. The van der Waals surface area contributed by atoms with Crippen molar-refractivity contribution in [3.8, 4) is 0 Å².